The van der Waals surface area contributed by atoms with Gasteiger partial charge >= 0.3 is 6.03 Å². The zero-order valence-corrected chi connectivity index (χ0v) is 22.9. The Hall–Kier alpha value is -2.48. The Labute approximate surface area is 228 Å². The van der Waals surface area contributed by atoms with Crippen LogP contribution in [0.25, 0.3) is 0 Å². The van der Waals surface area contributed by atoms with Crippen LogP contribution in [0.2, 0.25) is 10.0 Å². The highest BCUT2D eigenvalue weighted by Crippen LogP contribution is 2.45. The molecule has 1 N–H and O–H groups in total. The first-order valence-corrected chi connectivity index (χ1v) is 13.8. The van der Waals surface area contributed by atoms with Gasteiger partial charge in [-0.25, -0.2) is 4.79 Å². The molecule has 7 nitrogen and oxygen atoms in total. The molecule has 9 heteroatoms. The summed E-state index contributed by atoms with van der Waals surface area (Å²) in [5.74, 6) is 0.728. The van der Waals surface area contributed by atoms with Crippen molar-refractivity contribution in [3.63, 3.8) is 0 Å². The molecule has 0 bridgehead atoms. The van der Waals surface area contributed by atoms with E-state index in [1.165, 1.54) is 0 Å². The fourth-order valence-electron chi connectivity index (χ4n) is 6.14. The largest absolute Gasteiger partial charge is 0.497 e. The maximum absolute atomic E-state index is 13.2. The summed E-state index contributed by atoms with van der Waals surface area (Å²) in [6, 6.07) is 11.9. The van der Waals surface area contributed by atoms with Crippen LogP contribution in [0, 0.1) is 0 Å². The second-order valence-corrected chi connectivity index (χ2v) is 11.0. The lowest BCUT2D eigenvalue weighted by molar-refractivity contribution is 0.0740. The summed E-state index contributed by atoms with van der Waals surface area (Å²) in [4.78, 5) is 31.9. The molecule has 2 atom stereocenters. The van der Waals surface area contributed by atoms with Crippen molar-refractivity contribution in [3.05, 3.63) is 63.1 Å². The minimum Gasteiger partial charge on any atom is -0.497 e. The molecule has 2 unspecified atom stereocenters. The number of rotatable bonds is 7. The van der Waals surface area contributed by atoms with E-state index in [-0.39, 0.29) is 23.9 Å². The maximum Gasteiger partial charge on any atom is 0.317 e. The van der Waals surface area contributed by atoms with Crippen molar-refractivity contribution in [2.75, 3.05) is 46.9 Å². The van der Waals surface area contributed by atoms with Crippen LogP contribution in [0.1, 0.15) is 59.1 Å². The van der Waals surface area contributed by atoms with Crippen molar-refractivity contribution in [2.45, 2.75) is 43.7 Å². The zero-order valence-electron chi connectivity index (χ0n) is 21.4. The van der Waals surface area contributed by atoms with Gasteiger partial charge in [-0.1, -0.05) is 35.3 Å². The van der Waals surface area contributed by atoms with E-state index < -0.39 is 0 Å². The van der Waals surface area contributed by atoms with E-state index in [1.54, 1.807) is 7.11 Å². The van der Waals surface area contributed by atoms with Crippen LogP contribution in [-0.4, -0.2) is 79.6 Å². The van der Waals surface area contributed by atoms with Gasteiger partial charge < -0.3 is 24.8 Å². The van der Waals surface area contributed by atoms with Gasteiger partial charge in [0.2, 0.25) is 0 Å². The SMILES string of the molecule is COc1ccc2c(c1)C(=O)N(C)C2C(CCN1CCC(N2CCCNC2=O)CC1)c1ccc(Cl)c(Cl)c1. The van der Waals surface area contributed by atoms with Crippen LogP contribution in [-0.2, 0) is 0 Å². The summed E-state index contributed by atoms with van der Waals surface area (Å²) < 4.78 is 5.38. The summed E-state index contributed by atoms with van der Waals surface area (Å²) in [6.07, 6.45) is 3.84. The monoisotopic (exact) mass is 544 g/mol. The number of likely N-dealkylation sites (N-methyl/N-ethyl adjacent to an activating group) is 1. The Kier molecular flexibility index (Phi) is 7.84. The highest BCUT2D eigenvalue weighted by Gasteiger charge is 2.40. The second-order valence-electron chi connectivity index (χ2n) is 10.2. The number of likely N-dealkylation sites (tertiary alicyclic amines) is 1. The van der Waals surface area contributed by atoms with Gasteiger partial charge in [0, 0.05) is 50.7 Å². The molecular formula is C28H34Cl2N4O3. The van der Waals surface area contributed by atoms with Gasteiger partial charge in [0.05, 0.1) is 23.2 Å². The molecule has 0 saturated carbocycles. The average molecular weight is 546 g/mol. The van der Waals surface area contributed by atoms with Gasteiger partial charge in [-0.2, -0.15) is 0 Å². The smallest absolute Gasteiger partial charge is 0.317 e. The Bertz CT molecular complexity index is 1170. The van der Waals surface area contributed by atoms with Crippen LogP contribution in [0.5, 0.6) is 5.75 Å². The Morgan fingerprint density at radius 3 is 2.54 bits per heavy atom. The van der Waals surface area contributed by atoms with Crippen molar-refractivity contribution < 1.29 is 14.3 Å². The Balaban J connectivity index is 1.34. The molecule has 3 aliphatic heterocycles. The minimum absolute atomic E-state index is 0.00424. The summed E-state index contributed by atoms with van der Waals surface area (Å²) in [6.45, 7) is 4.43. The first-order chi connectivity index (χ1) is 17.9. The number of halogens is 2. The number of carbonyl (C=O) groups excluding carboxylic acids is 2. The Morgan fingerprint density at radius 2 is 1.84 bits per heavy atom. The van der Waals surface area contributed by atoms with Crippen LogP contribution in [0.15, 0.2) is 36.4 Å². The van der Waals surface area contributed by atoms with Crippen LogP contribution in [0.3, 0.4) is 0 Å². The molecule has 2 fully saturated rings. The highest BCUT2D eigenvalue weighted by molar-refractivity contribution is 6.42. The van der Waals surface area contributed by atoms with Gasteiger partial charge in [-0.15, -0.1) is 0 Å². The molecule has 2 aromatic carbocycles. The molecule has 3 aliphatic rings. The number of urea groups is 1. The third-order valence-corrected chi connectivity index (χ3v) is 8.91. The quantitative estimate of drug-likeness (QED) is 0.521. The predicted octanol–water partition coefficient (Wildman–Crippen LogP) is 5.18. The molecule has 3 amide bonds. The third-order valence-electron chi connectivity index (χ3n) is 8.17. The fourth-order valence-corrected chi connectivity index (χ4v) is 6.45. The number of carbonyl (C=O) groups is 2. The van der Waals surface area contributed by atoms with Gasteiger partial charge in [-0.3, -0.25) is 4.79 Å². The van der Waals surface area contributed by atoms with E-state index >= 15 is 0 Å². The number of piperidine rings is 1. The number of amides is 3. The topological polar surface area (TPSA) is 65.1 Å². The summed E-state index contributed by atoms with van der Waals surface area (Å²) in [5.41, 5.74) is 2.78. The molecule has 3 heterocycles. The van der Waals surface area contributed by atoms with Crippen LogP contribution < -0.4 is 10.1 Å². The molecular weight excluding hydrogens is 511 g/mol. The third kappa shape index (κ3) is 5.27. The van der Waals surface area contributed by atoms with Crippen molar-refractivity contribution in [2.24, 2.45) is 0 Å². The molecule has 198 valence electrons. The molecule has 2 saturated heterocycles. The molecule has 0 aromatic heterocycles. The van der Waals surface area contributed by atoms with E-state index in [9.17, 15) is 9.59 Å². The average Bonchev–Trinajstić information content (AvgIpc) is 3.16. The lowest BCUT2D eigenvalue weighted by Gasteiger charge is -2.40. The lowest BCUT2D eigenvalue weighted by atomic mass is 9.84. The first kappa shape index (κ1) is 26.1. The number of fused-ring (bicyclic) bond motifs is 1. The van der Waals surface area contributed by atoms with Crippen molar-refractivity contribution in [3.8, 4) is 5.75 Å². The first-order valence-electron chi connectivity index (χ1n) is 13.0. The lowest BCUT2D eigenvalue weighted by Crippen LogP contribution is -2.54. The normalized spacial score (nSPS) is 21.7. The fraction of sp³-hybridized carbons (Fsp3) is 0.500. The number of benzene rings is 2. The van der Waals surface area contributed by atoms with E-state index in [0.29, 0.717) is 27.4 Å². The standard InChI is InChI=1S/C28H34Cl2N4O3/c1-32-26(22-6-5-20(37-2)17-23(22)27(32)35)21(18-4-7-24(29)25(30)16-18)10-15-33-13-8-19(9-14-33)34-12-3-11-31-28(34)36/h4-7,16-17,19,21,26H,3,8-15H2,1-2H3,(H,31,36). The number of methoxy groups -OCH3 is 1. The van der Waals surface area contributed by atoms with E-state index in [4.69, 9.17) is 27.9 Å². The highest BCUT2D eigenvalue weighted by atomic mass is 35.5. The molecule has 37 heavy (non-hydrogen) atoms. The van der Waals surface area contributed by atoms with Gasteiger partial charge in [0.25, 0.3) is 5.91 Å². The number of nitrogens with one attached hydrogen (secondary N) is 1. The molecule has 0 aliphatic carbocycles. The Morgan fingerprint density at radius 1 is 1.05 bits per heavy atom. The molecule has 2 aromatic rings. The van der Waals surface area contributed by atoms with Crippen molar-refractivity contribution in [1.82, 2.24) is 20.0 Å². The number of hydrogen-bond donors (Lipinski definition) is 1. The number of ether oxygens (including phenoxy) is 1. The van der Waals surface area contributed by atoms with Crippen LogP contribution in [0.4, 0.5) is 4.79 Å². The zero-order chi connectivity index (χ0) is 26.1. The number of nitrogens with zero attached hydrogens (tertiary/aromatic N) is 3. The summed E-state index contributed by atoms with van der Waals surface area (Å²) in [7, 11) is 3.49. The molecule has 0 spiro atoms. The van der Waals surface area contributed by atoms with Crippen molar-refractivity contribution >= 4 is 35.1 Å². The maximum atomic E-state index is 13.2. The molecule has 5 rings (SSSR count). The van der Waals surface area contributed by atoms with E-state index in [1.807, 2.05) is 53.2 Å². The number of hydrogen-bond acceptors (Lipinski definition) is 4. The predicted molar refractivity (Wildman–Crippen MR) is 146 cm³/mol. The summed E-state index contributed by atoms with van der Waals surface area (Å²) in [5, 5.41) is 4.02. The minimum atomic E-state index is -0.111. The van der Waals surface area contributed by atoms with Gasteiger partial charge in [0.1, 0.15) is 5.75 Å². The van der Waals surface area contributed by atoms with Gasteiger partial charge in [-0.05, 0) is 67.6 Å². The van der Waals surface area contributed by atoms with E-state index in [2.05, 4.69) is 10.2 Å². The molecule has 0 radical (unpaired) electrons. The van der Waals surface area contributed by atoms with Crippen molar-refractivity contribution in [1.29, 1.82) is 0 Å². The van der Waals surface area contributed by atoms with Crippen LogP contribution >= 0.6 is 23.2 Å². The van der Waals surface area contributed by atoms with E-state index in [0.717, 1.165) is 69.5 Å². The summed E-state index contributed by atoms with van der Waals surface area (Å²) >= 11 is 12.7. The second kappa shape index (κ2) is 11.1. The van der Waals surface area contributed by atoms with Gasteiger partial charge in [0.15, 0.2) is 0 Å².